The zero-order valence-corrected chi connectivity index (χ0v) is 11.8. The van der Waals surface area contributed by atoms with Crippen LogP contribution in [0.1, 0.15) is 23.0 Å². The molecule has 2 rings (SSSR count). The van der Waals surface area contributed by atoms with E-state index in [1.54, 1.807) is 0 Å². The predicted octanol–water partition coefficient (Wildman–Crippen LogP) is 3.08. The number of aromatic nitrogens is 2. The predicted molar refractivity (Wildman–Crippen MR) is 71.1 cm³/mol. The second kappa shape index (κ2) is 6.08. The molecule has 0 saturated heterocycles. The smallest absolute Gasteiger partial charge is 0.434 e. The Kier molecular flexibility index (Phi) is 4.39. The lowest BCUT2D eigenvalue weighted by molar-refractivity contribution is -0.143. The molecule has 5 nitrogen and oxygen atoms in total. The molecule has 0 saturated carbocycles. The van der Waals surface area contributed by atoms with E-state index < -0.39 is 23.4 Å². The van der Waals surface area contributed by atoms with E-state index in [1.807, 2.05) is 0 Å². The number of methoxy groups -OCH3 is 1. The summed E-state index contributed by atoms with van der Waals surface area (Å²) in [4.78, 5) is 11.7. The third-order valence-electron chi connectivity index (χ3n) is 2.85. The zero-order valence-electron chi connectivity index (χ0n) is 11.8. The molecule has 8 heteroatoms. The molecule has 0 aliphatic heterocycles. The van der Waals surface area contributed by atoms with Gasteiger partial charge < -0.3 is 9.47 Å². The van der Waals surface area contributed by atoms with Gasteiger partial charge in [0.1, 0.15) is 11.3 Å². The molecule has 2 aromatic rings. The first kappa shape index (κ1) is 15.9. The van der Waals surface area contributed by atoms with Gasteiger partial charge in [-0.25, -0.2) is 9.48 Å². The molecule has 0 amide bonds. The number of hydrogen-bond acceptors (Lipinski definition) is 4. The van der Waals surface area contributed by atoms with Gasteiger partial charge in [-0.2, -0.15) is 18.3 Å². The summed E-state index contributed by atoms with van der Waals surface area (Å²) in [5, 5.41) is 3.67. The molecule has 0 fully saturated rings. The molecular formula is C14H13F3N2O3. The van der Waals surface area contributed by atoms with Gasteiger partial charge in [0.2, 0.25) is 0 Å². The molecule has 0 bridgehead atoms. The van der Waals surface area contributed by atoms with Crippen molar-refractivity contribution in [2.24, 2.45) is 0 Å². The summed E-state index contributed by atoms with van der Waals surface area (Å²) >= 11 is 0. The third-order valence-corrected chi connectivity index (χ3v) is 2.85. The van der Waals surface area contributed by atoms with Crippen molar-refractivity contribution in [1.82, 2.24) is 9.78 Å². The van der Waals surface area contributed by atoms with Crippen molar-refractivity contribution >= 4 is 5.97 Å². The third kappa shape index (κ3) is 3.05. The average Bonchev–Trinajstić information content (AvgIpc) is 2.92. The highest BCUT2D eigenvalue weighted by Crippen LogP contribution is 2.34. The van der Waals surface area contributed by atoms with Crippen LogP contribution < -0.4 is 4.74 Å². The first-order valence-corrected chi connectivity index (χ1v) is 6.35. The van der Waals surface area contributed by atoms with Crippen molar-refractivity contribution in [1.29, 1.82) is 0 Å². The minimum Gasteiger partial charge on any atom is -0.497 e. The molecule has 0 atom stereocenters. The summed E-state index contributed by atoms with van der Waals surface area (Å²) in [6.07, 6.45) is -3.90. The van der Waals surface area contributed by atoms with E-state index in [0.717, 1.165) is 6.20 Å². The first-order chi connectivity index (χ1) is 10.4. The molecule has 1 heterocycles. The van der Waals surface area contributed by atoms with Crippen LogP contribution in [-0.2, 0) is 10.9 Å². The molecular weight excluding hydrogens is 301 g/mol. The largest absolute Gasteiger partial charge is 0.497 e. The second-order valence-electron chi connectivity index (χ2n) is 4.23. The van der Waals surface area contributed by atoms with Crippen LogP contribution in [0.5, 0.6) is 5.75 Å². The summed E-state index contributed by atoms with van der Waals surface area (Å²) in [5.74, 6) is -0.565. The number of hydrogen-bond donors (Lipinski definition) is 0. The molecule has 0 spiro atoms. The highest BCUT2D eigenvalue weighted by Gasteiger charge is 2.41. The van der Waals surface area contributed by atoms with Gasteiger partial charge in [-0.15, -0.1) is 0 Å². The van der Waals surface area contributed by atoms with Gasteiger partial charge in [-0.05, 0) is 31.2 Å². The van der Waals surface area contributed by atoms with Crippen molar-refractivity contribution in [3.05, 3.63) is 41.7 Å². The fraction of sp³-hybridized carbons (Fsp3) is 0.286. The lowest BCUT2D eigenvalue weighted by atomic mass is 10.2. The quantitative estimate of drug-likeness (QED) is 0.814. The number of esters is 1. The van der Waals surface area contributed by atoms with E-state index in [0.29, 0.717) is 10.4 Å². The van der Waals surface area contributed by atoms with Gasteiger partial charge in [0.15, 0.2) is 5.69 Å². The van der Waals surface area contributed by atoms with Crippen LogP contribution in [0.3, 0.4) is 0 Å². The first-order valence-electron chi connectivity index (χ1n) is 6.35. The number of carbonyl (C=O) groups is 1. The normalized spacial score (nSPS) is 11.3. The van der Waals surface area contributed by atoms with E-state index in [2.05, 4.69) is 9.84 Å². The number of carbonyl (C=O) groups excluding carboxylic acids is 1. The lowest BCUT2D eigenvalue weighted by Gasteiger charge is -2.12. The van der Waals surface area contributed by atoms with Crippen molar-refractivity contribution in [3.8, 4) is 11.4 Å². The molecule has 0 unspecified atom stereocenters. The molecule has 0 aliphatic carbocycles. The molecule has 0 aliphatic rings. The summed E-state index contributed by atoms with van der Waals surface area (Å²) in [5.41, 5.74) is -1.63. The van der Waals surface area contributed by atoms with Crippen molar-refractivity contribution in [2.45, 2.75) is 13.1 Å². The number of nitrogens with zero attached hydrogens (tertiary/aromatic N) is 2. The molecule has 1 aromatic carbocycles. The van der Waals surface area contributed by atoms with E-state index in [1.165, 1.54) is 38.3 Å². The Morgan fingerprint density at radius 2 is 1.91 bits per heavy atom. The Labute approximate surface area is 124 Å². The van der Waals surface area contributed by atoms with Crippen LogP contribution in [-0.4, -0.2) is 29.5 Å². The Hall–Kier alpha value is -2.51. The molecule has 118 valence electrons. The fourth-order valence-electron chi connectivity index (χ4n) is 1.90. The van der Waals surface area contributed by atoms with E-state index >= 15 is 0 Å². The van der Waals surface area contributed by atoms with Gasteiger partial charge in [-0.1, -0.05) is 0 Å². The van der Waals surface area contributed by atoms with E-state index in [9.17, 15) is 18.0 Å². The van der Waals surface area contributed by atoms with Gasteiger partial charge in [0.25, 0.3) is 0 Å². The van der Waals surface area contributed by atoms with E-state index in [-0.39, 0.29) is 12.3 Å². The number of rotatable bonds is 4. The number of alkyl halides is 3. The second-order valence-corrected chi connectivity index (χ2v) is 4.23. The van der Waals surface area contributed by atoms with Gasteiger partial charge in [0.05, 0.1) is 25.6 Å². The van der Waals surface area contributed by atoms with Crippen LogP contribution in [0.25, 0.3) is 5.69 Å². The standard InChI is InChI=1S/C14H13F3N2O3/c1-3-22-13(20)11-8-18-19(12(11)14(15,16)17)9-4-6-10(21-2)7-5-9/h4-8H,3H2,1-2H3. The molecule has 0 radical (unpaired) electrons. The summed E-state index contributed by atoms with van der Waals surface area (Å²) in [7, 11) is 1.45. The Bertz CT molecular complexity index is 663. The fourth-order valence-corrected chi connectivity index (χ4v) is 1.90. The molecule has 1 aromatic heterocycles. The van der Waals surface area contributed by atoms with Crippen LogP contribution in [0.2, 0.25) is 0 Å². The SMILES string of the molecule is CCOC(=O)c1cnn(-c2ccc(OC)cc2)c1C(F)(F)F. The van der Waals surface area contributed by atoms with Crippen molar-refractivity contribution in [2.75, 3.05) is 13.7 Å². The summed E-state index contributed by atoms with van der Waals surface area (Å²) in [6.45, 7) is 1.49. The number of benzene rings is 1. The number of halogens is 3. The van der Waals surface area contributed by atoms with Crippen molar-refractivity contribution < 1.29 is 27.4 Å². The minimum absolute atomic E-state index is 0.0240. The van der Waals surface area contributed by atoms with Gasteiger partial charge >= 0.3 is 12.1 Å². The highest BCUT2D eigenvalue weighted by atomic mass is 19.4. The monoisotopic (exact) mass is 314 g/mol. The Balaban J connectivity index is 2.53. The van der Waals surface area contributed by atoms with Crippen molar-refractivity contribution in [3.63, 3.8) is 0 Å². The van der Waals surface area contributed by atoms with Crippen LogP contribution in [0.4, 0.5) is 13.2 Å². The summed E-state index contributed by atoms with van der Waals surface area (Å²) < 4.78 is 50.1. The maximum atomic E-state index is 13.3. The van der Waals surface area contributed by atoms with Gasteiger partial charge in [-0.3, -0.25) is 0 Å². The van der Waals surface area contributed by atoms with Gasteiger partial charge in [0, 0.05) is 0 Å². The average molecular weight is 314 g/mol. The molecule has 0 N–H and O–H groups in total. The Morgan fingerprint density at radius 3 is 2.41 bits per heavy atom. The minimum atomic E-state index is -4.75. The maximum absolute atomic E-state index is 13.3. The van der Waals surface area contributed by atoms with Crippen LogP contribution in [0.15, 0.2) is 30.5 Å². The zero-order chi connectivity index (χ0) is 16.3. The lowest BCUT2D eigenvalue weighted by Crippen LogP contribution is -2.18. The highest BCUT2D eigenvalue weighted by molar-refractivity contribution is 5.90. The Morgan fingerprint density at radius 1 is 1.27 bits per heavy atom. The topological polar surface area (TPSA) is 53.3 Å². The number of ether oxygens (including phenoxy) is 2. The molecule has 22 heavy (non-hydrogen) atoms. The summed E-state index contributed by atoms with van der Waals surface area (Å²) in [6, 6.07) is 5.83. The van der Waals surface area contributed by atoms with Crippen LogP contribution >= 0.6 is 0 Å². The van der Waals surface area contributed by atoms with E-state index in [4.69, 9.17) is 4.74 Å². The maximum Gasteiger partial charge on any atom is 0.434 e. The van der Waals surface area contributed by atoms with Crippen LogP contribution in [0, 0.1) is 0 Å².